The van der Waals surface area contributed by atoms with Crippen molar-refractivity contribution >= 4 is 5.91 Å². The van der Waals surface area contributed by atoms with Crippen molar-refractivity contribution in [2.75, 3.05) is 6.54 Å². The van der Waals surface area contributed by atoms with Crippen LogP contribution in [0, 0.1) is 11.8 Å². The number of rotatable bonds is 4. The van der Waals surface area contributed by atoms with Crippen molar-refractivity contribution in [1.82, 2.24) is 5.32 Å². The van der Waals surface area contributed by atoms with Crippen LogP contribution in [-0.4, -0.2) is 18.6 Å². The maximum atomic E-state index is 10.6. The van der Waals surface area contributed by atoms with Crippen LogP contribution in [-0.2, 0) is 4.79 Å². The van der Waals surface area contributed by atoms with E-state index in [1.807, 2.05) is 38.1 Å². The molecule has 18 heavy (non-hydrogen) atoms. The van der Waals surface area contributed by atoms with Gasteiger partial charge in [-0.05, 0) is 38.1 Å². The number of nitrogens with one attached hydrogen (secondary N) is 1. The topological polar surface area (TPSA) is 38.3 Å². The first kappa shape index (κ1) is 14.1. The van der Waals surface area contributed by atoms with Gasteiger partial charge < -0.3 is 10.1 Å². The molecule has 0 unspecified atom stereocenters. The average molecular weight is 245 g/mol. The fourth-order valence-corrected chi connectivity index (χ4v) is 1.35. The summed E-state index contributed by atoms with van der Waals surface area (Å²) in [6, 6.07) is 7.70. The fourth-order valence-electron chi connectivity index (χ4n) is 1.35. The first-order valence-corrected chi connectivity index (χ1v) is 6.08. The van der Waals surface area contributed by atoms with Gasteiger partial charge in [-0.25, -0.2) is 0 Å². The molecule has 1 aromatic rings. The second-order valence-electron chi connectivity index (χ2n) is 4.23. The summed E-state index contributed by atoms with van der Waals surface area (Å²) < 4.78 is 5.54. The lowest BCUT2D eigenvalue weighted by atomic mass is 10.2. The molecule has 0 aliphatic carbocycles. The molecule has 0 aliphatic heterocycles. The van der Waals surface area contributed by atoms with Gasteiger partial charge in [-0.2, -0.15) is 0 Å². The van der Waals surface area contributed by atoms with Gasteiger partial charge in [-0.1, -0.05) is 11.8 Å². The summed E-state index contributed by atoms with van der Waals surface area (Å²) in [7, 11) is 0. The zero-order chi connectivity index (χ0) is 13.4. The van der Waals surface area contributed by atoms with Gasteiger partial charge in [0, 0.05) is 25.5 Å². The Labute approximate surface area is 109 Å². The van der Waals surface area contributed by atoms with Crippen LogP contribution in [0.15, 0.2) is 24.3 Å². The molecule has 0 radical (unpaired) electrons. The van der Waals surface area contributed by atoms with Crippen LogP contribution in [0.5, 0.6) is 5.75 Å². The summed E-state index contributed by atoms with van der Waals surface area (Å²) >= 11 is 0. The molecule has 1 aromatic carbocycles. The number of carbonyl (C=O) groups excluding carboxylic acids is 1. The molecule has 1 rings (SSSR count). The minimum atomic E-state index is -0.0213. The highest BCUT2D eigenvalue weighted by molar-refractivity contribution is 5.72. The number of hydrogen-bond acceptors (Lipinski definition) is 2. The molecule has 96 valence electrons. The molecule has 3 nitrogen and oxygen atoms in total. The standard InChI is InChI=1S/C15H19NO2/c1-12(2)18-15-9-7-14(8-10-15)6-4-5-11-16-13(3)17/h7-10,12H,5,11H2,1-3H3,(H,16,17). The molecule has 0 saturated heterocycles. The lowest BCUT2D eigenvalue weighted by molar-refractivity contribution is -0.118. The molecule has 0 aliphatic rings. The van der Waals surface area contributed by atoms with Crippen molar-refractivity contribution in [2.45, 2.75) is 33.3 Å². The SMILES string of the molecule is CC(=O)NCCC#Cc1ccc(OC(C)C)cc1. The zero-order valence-electron chi connectivity index (χ0n) is 11.1. The Balaban J connectivity index is 2.43. The number of carbonyl (C=O) groups is 1. The number of benzene rings is 1. The summed E-state index contributed by atoms with van der Waals surface area (Å²) in [5.41, 5.74) is 0.953. The average Bonchev–Trinajstić information content (AvgIpc) is 2.30. The van der Waals surface area contributed by atoms with Gasteiger partial charge in [0.2, 0.25) is 5.91 Å². The van der Waals surface area contributed by atoms with Crippen LogP contribution >= 0.6 is 0 Å². The van der Waals surface area contributed by atoms with Crippen LogP contribution < -0.4 is 10.1 Å². The third-order valence-corrected chi connectivity index (χ3v) is 2.08. The van der Waals surface area contributed by atoms with E-state index in [9.17, 15) is 4.79 Å². The third-order valence-electron chi connectivity index (χ3n) is 2.08. The Bertz CT molecular complexity index is 438. The Morgan fingerprint density at radius 3 is 2.56 bits per heavy atom. The highest BCUT2D eigenvalue weighted by Gasteiger charge is 1.96. The van der Waals surface area contributed by atoms with Crippen LogP contribution in [0.25, 0.3) is 0 Å². The fraction of sp³-hybridized carbons (Fsp3) is 0.400. The van der Waals surface area contributed by atoms with Crippen molar-refractivity contribution in [3.05, 3.63) is 29.8 Å². The van der Waals surface area contributed by atoms with Crippen molar-refractivity contribution in [3.8, 4) is 17.6 Å². The van der Waals surface area contributed by atoms with E-state index in [0.29, 0.717) is 13.0 Å². The van der Waals surface area contributed by atoms with Gasteiger partial charge in [0.25, 0.3) is 0 Å². The number of amides is 1. The molecule has 3 heteroatoms. The second-order valence-corrected chi connectivity index (χ2v) is 4.23. The van der Waals surface area contributed by atoms with Gasteiger partial charge in [0.15, 0.2) is 0 Å². The molecular formula is C15H19NO2. The molecule has 0 heterocycles. The van der Waals surface area contributed by atoms with Gasteiger partial charge in [-0.15, -0.1) is 0 Å². The lowest BCUT2D eigenvalue weighted by Crippen LogP contribution is -2.20. The minimum Gasteiger partial charge on any atom is -0.491 e. The summed E-state index contributed by atoms with van der Waals surface area (Å²) in [6.45, 7) is 6.09. The predicted octanol–water partition coefficient (Wildman–Crippen LogP) is 2.35. The van der Waals surface area contributed by atoms with Gasteiger partial charge in [0.1, 0.15) is 5.75 Å². The van der Waals surface area contributed by atoms with E-state index in [1.54, 1.807) is 0 Å². The van der Waals surface area contributed by atoms with Crippen LogP contribution in [0.1, 0.15) is 32.8 Å². The molecule has 0 bridgehead atoms. The van der Waals surface area contributed by atoms with Crippen LogP contribution in [0.2, 0.25) is 0 Å². The Morgan fingerprint density at radius 1 is 1.33 bits per heavy atom. The van der Waals surface area contributed by atoms with E-state index in [2.05, 4.69) is 17.2 Å². The molecule has 0 atom stereocenters. The maximum Gasteiger partial charge on any atom is 0.216 e. The van der Waals surface area contributed by atoms with E-state index in [4.69, 9.17) is 4.74 Å². The minimum absolute atomic E-state index is 0.0213. The van der Waals surface area contributed by atoms with E-state index < -0.39 is 0 Å². The van der Waals surface area contributed by atoms with Crippen molar-refractivity contribution in [1.29, 1.82) is 0 Å². The zero-order valence-corrected chi connectivity index (χ0v) is 11.1. The monoisotopic (exact) mass is 245 g/mol. The third kappa shape index (κ3) is 5.95. The predicted molar refractivity (Wildman–Crippen MR) is 72.4 cm³/mol. The van der Waals surface area contributed by atoms with E-state index in [0.717, 1.165) is 11.3 Å². The van der Waals surface area contributed by atoms with Crippen molar-refractivity contribution < 1.29 is 9.53 Å². The van der Waals surface area contributed by atoms with Gasteiger partial charge in [0.05, 0.1) is 6.10 Å². The highest BCUT2D eigenvalue weighted by atomic mass is 16.5. The second kappa shape index (κ2) is 7.39. The Kier molecular flexibility index (Phi) is 5.79. The Morgan fingerprint density at radius 2 is 2.00 bits per heavy atom. The molecule has 0 aromatic heterocycles. The van der Waals surface area contributed by atoms with Crippen LogP contribution in [0.3, 0.4) is 0 Å². The van der Waals surface area contributed by atoms with Crippen molar-refractivity contribution in [3.63, 3.8) is 0 Å². The molecule has 0 fully saturated rings. The summed E-state index contributed by atoms with van der Waals surface area (Å²) in [4.78, 5) is 10.6. The van der Waals surface area contributed by atoms with E-state index in [1.165, 1.54) is 6.92 Å². The largest absolute Gasteiger partial charge is 0.491 e. The number of hydrogen-bond donors (Lipinski definition) is 1. The highest BCUT2D eigenvalue weighted by Crippen LogP contribution is 2.13. The molecule has 0 saturated carbocycles. The summed E-state index contributed by atoms with van der Waals surface area (Å²) in [5, 5.41) is 2.70. The first-order chi connectivity index (χ1) is 8.58. The number of ether oxygens (including phenoxy) is 1. The Hall–Kier alpha value is -1.95. The van der Waals surface area contributed by atoms with Crippen LogP contribution in [0.4, 0.5) is 0 Å². The van der Waals surface area contributed by atoms with Crippen molar-refractivity contribution in [2.24, 2.45) is 0 Å². The van der Waals surface area contributed by atoms with Gasteiger partial charge in [-0.3, -0.25) is 4.79 Å². The summed E-state index contributed by atoms with van der Waals surface area (Å²) in [5.74, 6) is 6.89. The lowest BCUT2D eigenvalue weighted by Gasteiger charge is -2.08. The first-order valence-electron chi connectivity index (χ1n) is 6.08. The maximum absolute atomic E-state index is 10.6. The molecule has 1 amide bonds. The normalized spacial score (nSPS) is 9.56. The smallest absolute Gasteiger partial charge is 0.216 e. The van der Waals surface area contributed by atoms with E-state index in [-0.39, 0.29) is 12.0 Å². The van der Waals surface area contributed by atoms with E-state index >= 15 is 0 Å². The molecule has 1 N–H and O–H groups in total. The van der Waals surface area contributed by atoms with Gasteiger partial charge >= 0.3 is 0 Å². The summed E-state index contributed by atoms with van der Waals surface area (Å²) in [6.07, 6.45) is 0.837. The quantitative estimate of drug-likeness (QED) is 0.653. The molecule has 0 spiro atoms. The molecular weight excluding hydrogens is 226 g/mol.